The molecule has 0 saturated carbocycles. The average Bonchev–Trinajstić information content (AvgIpc) is 3.05. The van der Waals surface area contributed by atoms with Crippen molar-refractivity contribution in [1.29, 1.82) is 0 Å². The number of nitrogens with one attached hydrogen (secondary N) is 1. The van der Waals surface area contributed by atoms with Crippen LogP contribution in [0.4, 0.5) is 11.9 Å². The van der Waals surface area contributed by atoms with Gasteiger partial charge in [-0.05, 0) is 4.92 Å². The molecule has 15 nitrogen and oxygen atoms in total. The average molecular weight is 390 g/mol. The zero-order chi connectivity index (χ0) is 18.8. The molecule has 0 bridgehead atoms. The Morgan fingerprint density at radius 3 is 2.88 bits per heavy atom. The van der Waals surface area contributed by atoms with E-state index in [1.807, 2.05) is 0 Å². The number of ether oxygens (including phenoxy) is 1. The second-order valence-electron chi connectivity index (χ2n) is 5.55. The quantitative estimate of drug-likeness (QED) is 0.258. The number of aliphatic hydroxyl groups is 1. The Bertz CT molecular complexity index is 1020. The van der Waals surface area contributed by atoms with E-state index in [9.17, 15) is 29.5 Å². The van der Waals surface area contributed by atoms with Crippen molar-refractivity contribution in [2.75, 3.05) is 12.3 Å². The van der Waals surface area contributed by atoms with Crippen molar-refractivity contribution in [2.24, 2.45) is 0 Å². The van der Waals surface area contributed by atoms with Crippen LogP contribution in [0.5, 0.6) is 0 Å². The van der Waals surface area contributed by atoms with Crippen molar-refractivity contribution >= 4 is 30.9 Å². The highest BCUT2D eigenvalue weighted by atomic mass is 31.2. The Morgan fingerprint density at radius 1 is 1.46 bits per heavy atom. The minimum Gasteiger partial charge on any atom is -0.390 e. The van der Waals surface area contributed by atoms with Gasteiger partial charge in [0.05, 0.1) is 6.61 Å². The monoisotopic (exact) mass is 390 g/mol. The molecule has 2 aromatic rings. The van der Waals surface area contributed by atoms with Crippen LogP contribution in [0.3, 0.4) is 0 Å². The SMILES string of the molecule is Nc1nc2c(nc([N+](=O)[O-])n2[C@@H]2O[C@@H]3COP(=O)(O)O[C@@H]3C2O)c(=O)[nH]1. The van der Waals surface area contributed by atoms with E-state index >= 15 is 0 Å². The number of phosphoric acid groups is 1. The second kappa shape index (κ2) is 5.54. The van der Waals surface area contributed by atoms with Crippen molar-refractivity contribution in [2.45, 2.75) is 24.5 Å². The maximum Gasteiger partial charge on any atom is 0.472 e. The van der Waals surface area contributed by atoms with Crippen LogP contribution in [-0.4, -0.2) is 59.4 Å². The maximum absolute atomic E-state index is 11.9. The molecule has 0 aliphatic carbocycles. The lowest BCUT2D eigenvalue weighted by atomic mass is 10.1. The number of rotatable bonds is 2. The first-order valence-corrected chi connectivity index (χ1v) is 8.59. The highest BCUT2D eigenvalue weighted by Gasteiger charge is 2.55. The number of hydrogen-bond acceptors (Lipinski definition) is 11. The van der Waals surface area contributed by atoms with Crippen molar-refractivity contribution in [3.63, 3.8) is 0 Å². The van der Waals surface area contributed by atoms with Gasteiger partial charge in [0.15, 0.2) is 0 Å². The van der Waals surface area contributed by atoms with Crippen LogP contribution in [0.25, 0.3) is 11.2 Å². The molecule has 5 atom stereocenters. The summed E-state index contributed by atoms with van der Waals surface area (Å²) in [6, 6.07) is 0. The number of anilines is 1. The van der Waals surface area contributed by atoms with Gasteiger partial charge in [-0.2, -0.15) is 9.55 Å². The number of phosphoric ester groups is 1. The number of fused-ring (bicyclic) bond motifs is 2. The molecule has 0 amide bonds. The fraction of sp³-hybridized carbons (Fsp3) is 0.500. The molecule has 0 radical (unpaired) electrons. The van der Waals surface area contributed by atoms with Crippen LogP contribution >= 0.6 is 7.82 Å². The molecule has 2 fully saturated rings. The summed E-state index contributed by atoms with van der Waals surface area (Å²) < 4.78 is 27.2. The predicted molar refractivity (Wildman–Crippen MR) is 79.8 cm³/mol. The van der Waals surface area contributed by atoms with E-state index in [0.717, 1.165) is 4.57 Å². The lowest BCUT2D eigenvalue weighted by Crippen LogP contribution is -2.39. The highest BCUT2D eigenvalue weighted by molar-refractivity contribution is 7.47. The Morgan fingerprint density at radius 2 is 2.19 bits per heavy atom. The number of nitro groups is 1. The summed E-state index contributed by atoms with van der Waals surface area (Å²) in [4.78, 5) is 41.3. The van der Waals surface area contributed by atoms with Gasteiger partial charge < -0.3 is 30.6 Å². The fourth-order valence-corrected chi connectivity index (χ4v) is 3.87. The molecule has 2 aromatic heterocycles. The first kappa shape index (κ1) is 17.0. The van der Waals surface area contributed by atoms with E-state index < -0.39 is 48.8 Å². The third kappa shape index (κ3) is 2.49. The van der Waals surface area contributed by atoms with E-state index in [1.54, 1.807) is 0 Å². The molecule has 140 valence electrons. The molecular formula is C10H11N6O9P. The smallest absolute Gasteiger partial charge is 0.390 e. The van der Waals surface area contributed by atoms with Crippen molar-refractivity contribution in [3.8, 4) is 0 Å². The van der Waals surface area contributed by atoms with Gasteiger partial charge >= 0.3 is 13.8 Å². The minimum atomic E-state index is -4.38. The number of imidazole rings is 1. The third-order valence-corrected chi connectivity index (χ3v) is 4.92. The molecule has 0 spiro atoms. The first-order chi connectivity index (χ1) is 12.2. The predicted octanol–water partition coefficient (Wildman–Crippen LogP) is -1.62. The standard InChI is InChI=1S/C10H11N6O9P/c11-9-13-6-3(7(18)14-9)12-10(16(19)20)15(6)8-4(17)5-2(24-8)1-23-26(21,22)25-5/h2,4-5,8,17H,1H2,(H,21,22)(H3,11,13,14,18)/t2-,4?,5+,8-/m1/s1. The summed E-state index contributed by atoms with van der Waals surface area (Å²) >= 11 is 0. The molecule has 16 heteroatoms. The van der Waals surface area contributed by atoms with E-state index in [2.05, 4.69) is 19.5 Å². The third-order valence-electron chi connectivity index (χ3n) is 3.93. The number of aromatic amines is 1. The lowest BCUT2D eigenvalue weighted by Gasteiger charge is -2.27. The van der Waals surface area contributed by atoms with Crippen LogP contribution in [0.2, 0.25) is 0 Å². The van der Waals surface area contributed by atoms with Crippen LogP contribution < -0.4 is 11.3 Å². The molecule has 4 heterocycles. The number of hydrogen-bond donors (Lipinski definition) is 4. The molecule has 2 saturated heterocycles. The molecule has 2 aliphatic rings. The summed E-state index contributed by atoms with van der Waals surface area (Å²) in [6.07, 6.45) is -5.37. The fourth-order valence-electron chi connectivity index (χ4n) is 2.90. The normalized spacial score (nSPS) is 34.1. The summed E-state index contributed by atoms with van der Waals surface area (Å²) in [5.74, 6) is -1.16. The molecule has 2 aliphatic heterocycles. The summed E-state index contributed by atoms with van der Waals surface area (Å²) in [5.41, 5.74) is 3.96. The highest BCUT2D eigenvalue weighted by Crippen LogP contribution is 2.52. The number of nitrogen functional groups attached to an aromatic ring is 1. The van der Waals surface area contributed by atoms with E-state index in [-0.39, 0.29) is 23.7 Å². The Balaban J connectivity index is 1.86. The zero-order valence-electron chi connectivity index (χ0n) is 12.6. The molecule has 2 unspecified atom stereocenters. The molecule has 0 aromatic carbocycles. The van der Waals surface area contributed by atoms with Gasteiger partial charge in [0.1, 0.15) is 18.3 Å². The summed E-state index contributed by atoms with van der Waals surface area (Å²) in [6.45, 7) is -0.386. The summed E-state index contributed by atoms with van der Waals surface area (Å²) in [5, 5.41) is 21.8. The van der Waals surface area contributed by atoms with Gasteiger partial charge in [0, 0.05) is 0 Å². The number of aliphatic hydroxyl groups excluding tert-OH is 1. The topological polar surface area (TPSA) is 218 Å². The Labute approximate surface area is 142 Å². The lowest BCUT2D eigenvalue weighted by molar-refractivity contribution is -0.398. The zero-order valence-corrected chi connectivity index (χ0v) is 13.5. The van der Waals surface area contributed by atoms with E-state index in [4.69, 9.17) is 15.0 Å². The number of nitrogens with two attached hydrogens (primary N) is 1. The van der Waals surface area contributed by atoms with Gasteiger partial charge in [-0.3, -0.25) is 18.8 Å². The number of aromatic nitrogens is 4. The van der Waals surface area contributed by atoms with Crippen LogP contribution in [0.15, 0.2) is 4.79 Å². The molecule has 4 rings (SSSR count). The summed E-state index contributed by atoms with van der Waals surface area (Å²) in [7, 11) is -4.38. The van der Waals surface area contributed by atoms with Crippen molar-refractivity contribution in [3.05, 3.63) is 20.5 Å². The largest absolute Gasteiger partial charge is 0.472 e. The van der Waals surface area contributed by atoms with Crippen molar-refractivity contribution in [1.82, 2.24) is 19.5 Å². The molecular weight excluding hydrogens is 379 g/mol. The van der Waals surface area contributed by atoms with Gasteiger partial charge in [0.2, 0.25) is 17.8 Å². The van der Waals surface area contributed by atoms with E-state index in [1.165, 1.54) is 0 Å². The van der Waals surface area contributed by atoms with Crippen LogP contribution in [-0.2, 0) is 18.3 Å². The Kier molecular flexibility index (Phi) is 3.62. The van der Waals surface area contributed by atoms with Gasteiger partial charge in [-0.1, -0.05) is 4.98 Å². The number of nitrogens with zero attached hydrogens (tertiary/aromatic N) is 4. The number of H-pyrrole nitrogens is 1. The Hall–Kier alpha value is -2.42. The van der Waals surface area contributed by atoms with Gasteiger partial charge in [-0.25, -0.2) is 4.57 Å². The molecule has 26 heavy (non-hydrogen) atoms. The van der Waals surface area contributed by atoms with E-state index in [0.29, 0.717) is 0 Å². The first-order valence-electron chi connectivity index (χ1n) is 7.09. The van der Waals surface area contributed by atoms with Crippen LogP contribution in [0.1, 0.15) is 6.23 Å². The maximum atomic E-state index is 11.9. The van der Waals surface area contributed by atoms with Gasteiger partial charge in [0.25, 0.3) is 11.1 Å². The van der Waals surface area contributed by atoms with Crippen LogP contribution in [0, 0.1) is 10.1 Å². The van der Waals surface area contributed by atoms with Gasteiger partial charge in [-0.15, -0.1) is 0 Å². The molecule has 5 N–H and O–H groups in total. The second-order valence-corrected chi connectivity index (χ2v) is 6.96. The van der Waals surface area contributed by atoms with Crippen molar-refractivity contribution < 1.29 is 33.3 Å². The minimum absolute atomic E-state index is 0.297.